The average molecular weight is 1170 g/mol. The fourth-order valence-corrected chi connectivity index (χ4v) is 10.5. The Labute approximate surface area is 494 Å². The molecule has 1 unspecified atom stereocenters. The Morgan fingerprint density at radius 2 is 1.44 bits per heavy atom. The van der Waals surface area contributed by atoms with Crippen molar-refractivity contribution >= 4 is 58.2 Å². The summed E-state index contributed by atoms with van der Waals surface area (Å²) in [6, 6.07) is 24.9. The summed E-state index contributed by atoms with van der Waals surface area (Å²) >= 11 is 1.57. The SMILES string of the molecule is Cc1ccc(NC(=O)c2ccc(CN3CCN(C(=O)CCOCCOCCOCCOCCC(=O)NC(C(=O)N4C[C@H](O)C[C@H]4C(=O)NCc4ccc(-c5scnc5C)cc4)C(C)(C)C)CC3)cc2)cc1Nc1nccc(-c2cccnc2)n1. The van der Waals surface area contributed by atoms with Crippen LogP contribution in [0.1, 0.15) is 72.8 Å². The van der Waals surface area contributed by atoms with E-state index >= 15 is 0 Å². The number of aromatic nitrogens is 4. The van der Waals surface area contributed by atoms with E-state index in [1.165, 1.54) is 4.90 Å². The maximum absolute atomic E-state index is 14.0. The van der Waals surface area contributed by atoms with Gasteiger partial charge in [0.2, 0.25) is 29.6 Å². The van der Waals surface area contributed by atoms with Crippen molar-refractivity contribution in [2.75, 3.05) is 96.2 Å². The zero-order valence-electron chi connectivity index (χ0n) is 48.5. The number of carbonyl (C=O) groups is 5. The number of carbonyl (C=O) groups excluding carboxylic acids is 5. The van der Waals surface area contributed by atoms with E-state index < -0.39 is 29.5 Å². The maximum Gasteiger partial charge on any atom is 0.255 e. The molecule has 22 heteroatoms. The Balaban J connectivity index is 0.627. The van der Waals surface area contributed by atoms with Crippen LogP contribution in [0.2, 0.25) is 0 Å². The van der Waals surface area contributed by atoms with Crippen LogP contribution in [0.3, 0.4) is 0 Å². The van der Waals surface area contributed by atoms with Crippen molar-refractivity contribution in [2.45, 2.75) is 85.2 Å². The van der Waals surface area contributed by atoms with Gasteiger partial charge in [0.1, 0.15) is 12.1 Å². The highest BCUT2D eigenvalue weighted by Crippen LogP contribution is 2.30. The van der Waals surface area contributed by atoms with Gasteiger partial charge in [-0.1, -0.05) is 63.2 Å². The minimum atomic E-state index is -0.940. The minimum absolute atomic E-state index is 0.0128. The summed E-state index contributed by atoms with van der Waals surface area (Å²) in [7, 11) is 0. The second-order valence-corrected chi connectivity index (χ2v) is 22.7. The molecule has 3 atom stereocenters. The summed E-state index contributed by atoms with van der Waals surface area (Å²) in [6.07, 6.45) is 4.69. The number of benzene rings is 3. The maximum atomic E-state index is 14.0. The van der Waals surface area contributed by atoms with E-state index in [9.17, 15) is 29.1 Å². The number of rotatable bonds is 28. The lowest BCUT2D eigenvalue weighted by Crippen LogP contribution is -2.57. The molecule has 8 rings (SSSR count). The molecule has 0 radical (unpaired) electrons. The number of aryl methyl sites for hydroxylation is 2. The quantitative estimate of drug-likeness (QED) is 0.0326. The van der Waals surface area contributed by atoms with Gasteiger partial charge >= 0.3 is 0 Å². The van der Waals surface area contributed by atoms with E-state index in [0.717, 1.165) is 62.9 Å². The Kier molecular flexibility index (Phi) is 22.9. The molecule has 6 aromatic rings. The molecule has 0 spiro atoms. The molecule has 0 aliphatic carbocycles. The summed E-state index contributed by atoms with van der Waals surface area (Å²) in [4.78, 5) is 90.9. The number of anilines is 3. The van der Waals surface area contributed by atoms with E-state index in [4.69, 9.17) is 18.9 Å². The second kappa shape index (κ2) is 30.8. The van der Waals surface area contributed by atoms with Crippen LogP contribution in [0.25, 0.3) is 21.7 Å². The van der Waals surface area contributed by atoms with Gasteiger partial charge in [0.25, 0.3) is 5.91 Å². The molecule has 21 nitrogen and oxygen atoms in total. The summed E-state index contributed by atoms with van der Waals surface area (Å²) in [5.74, 6) is -0.905. The summed E-state index contributed by atoms with van der Waals surface area (Å²) in [6.45, 7) is 15.5. The lowest BCUT2D eigenvalue weighted by molar-refractivity contribution is -0.144. The summed E-state index contributed by atoms with van der Waals surface area (Å²) in [5.41, 5.74) is 9.64. The Morgan fingerprint density at radius 3 is 2.10 bits per heavy atom. The van der Waals surface area contributed by atoms with Crippen LogP contribution in [0.4, 0.5) is 17.3 Å². The molecule has 5 heterocycles. The average Bonchev–Trinajstić information content (AvgIpc) is 3.96. The molecule has 2 saturated heterocycles. The van der Waals surface area contributed by atoms with Gasteiger partial charge < -0.3 is 55.1 Å². The highest BCUT2D eigenvalue weighted by atomic mass is 32.1. The number of nitrogens with zero attached hydrogens (tertiary/aromatic N) is 7. The van der Waals surface area contributed by atoms with Crippen LogP contribution in [-0.2, 0) is 51.2 Å². The zero-order valence-corrected chi connectivity index (χ0v) is 49.3. The molecule has 2 aliphatic heterocycles. The van der Waals surface area contributed by atoms with Gasteiger partial charge in [-0.25, -0.2) is 15.0 Å². The molecule has 0 saturated carbocycles. The predicted octanol–water partition coefficient (Wildman–Crippen LogP) is 6.57. The molecule has 2 fully saturated rings. The number of amides is 5. The van der Waals surface area contributed by atoms with Crippen LogP contribution in [-0.4, -0.2) is 173 Å². The number of thiazole rings is 1. The van der Waals surface area contributed by atoms with Crippen molar-refractivity contribution < 1.29 is 48.0 Å². The molecule has 2 aliphatic rings. The normalized spacial score (nSPS) is 15.8. The Morgan fingerprint density at radius 1 is 0.762 bits per heavy atom. The van der Waals surface area contributed by atoms with Crippen molar-refractivity contribution in [3.8, 4) is 21.7 Å². The number of nitrogens with one attached hydrogen (secondary N) is 4. The van der Waals surface area contributed by atoms with Crippen molar-refractivity contribution in [3.63, 3.8) is 0 Å². The van der Waals surface area contributed by atoms with E-state index in [2.05, 4.69) is 46.1 Å². The van der Waals surface area contributed by atoms with Gasteiger partial charge in [-0.05, 0) is 84.0 Å². The molecule has 5 N–H and O–H groups in total. The van der Waals surface area contributed by atoms with E-state index in [1.807, 2.05) is 130 Å². The van der Waals surface area contributed by atoms with Crippen LogP contribution < -0.4 is 21.3 Å². The van der Waals surface area contributed by atoms with Crippen molar-refractivity contribution in [1.82, 2.24) is 45.3 Å². The lowest BCUT2D eigenvalue weighted by atomic mass is 9.85. The van der Waals surface area contributed by atoms with E-state index in [0.29, 0.717) is 76.5 Å². The molecule has 5 amide bonds. The van der Waals surface area contributed by atoms with Crippen LogP contribution in [0.15, 0.2) is 109 Å². The monoisotopic (exact) mass is 1170 g/mol. The van der Waals surface area contributed by atoms with Crippen molar-refractivity contribution in [3.05, 3.63) is 137 Å². The second-order valence-electron chi connectivity index (χ2n) is 21.9. The number of aliphatic hydroxyl groups is 1. The molecule has 3 aromatic carbocycles. The fourth-order valence-electron chi connectivity index (χ4n) is 9.68. The third-order valence-electron chi connectivity index (χ3n) is 14.5. The van der Waals surface area contributed by atoms with Gasteiger partial charge in [-0.2, -0.15) is 0 Å². The van der Waals surface area contributed by atoms with Gasteiger partial charge in [-0.3, -0.25) is 33.9 Å². The molecule has 446 valence electrons. The Bertz CT molecular complexity index is 3120. The first kappa shape index (κ1) is 62.5. The third kappa shape index (κ3) is 18.5. The number of aliphatic hydroxyl groups excluding tert-OH is 1. The highest BCUT2D eigenvalue weighted by molar-refractivity contribution is 7.13. The minimum Gasteiger partial charge on any atom is -0.391 e. The first-order valence-electron chi connectivity index (χ1n) is 28.5. The lowest BCUT2D eigenvalue weighted by Gasteiger charge is -2.35. The molecule has 0 bridgehead atoms. The van der Waals surface area contributed by atoms with Crippen molar-refractivity contribution in [2.24, 2.45) is 5.41 Å². The molecule has 3 aromatic heterocycles. The van der Waals surface area contributed by atoms with Gasteiger partial charge in [0, 0.05) is 99.7 Å². The van der Waals surface area contributed by atoms with E-state index in [1.54, 1.807) is 29.9 Å². The smallest absolute Gasteiger partial charge is 0.255 e. The first-order valence-corrected chi connectivity index (χ1v) is 29.3. The van der Waals surface area contributed by atoms with Crippen LogP contribution >= 0.6 is 11.3 Å². The summed E-state index contributed by atoms with van der Waals surface area (Å²) < 4.78 is 22.5. The zero-order chi connectivity index (χ0) is 59.4. The highest BCUT2D eigenvalue weighted by Gasteiger charge is 2.44. The number of likely N-dealkylation sites (tertiary alicyclic amines) is 1. The molecular formula is C62H77N11O10S. The topological polar surface area (TPSA) is 252 Å². The van der Waals surface area contributed by atoms with Gasteiger partial charge in [0.15, 0.2) is 0 Å². The third-order valence-corrected chi connectivity index (χ3v) is 15.4. The predicted molar refractivity (Wildman–Crippen MR) is 320 cm³/mol. The Hall–Kier alpha value is -7.57. The standard InChI is InChI=1S/C62H77N11O10S/c1-42-8-17-49(35-52(42)69-61-64-22-18-51(68-61)48-7-6-21-63-38-48)67-58(77)47-15-11-45(12-16-47)39-71-23-25-72(26-24-71)55(76)20-28-81-30-32-83-34-33-82-31-29-80-27-19-54(75)70-57(62(3,4)5)60(79)73-40-50(74)36-53(73)59(78)65-37-44-9-13-46(14-10-44)56-43(2)66-41-84-56/h6-18,21-22,35,38,41,50,53,57,74H,19-20,23-34,36-37,39-40H2,1-5H3,(H,65,78)(H,67,77)(H,70,75)(H,64,68,69)/t50-,53+,57?/m1/s1. The number of hydrogen-bond donors (Lipinski definition) is 5. The number of pyridine rings is 1. The number of piperazine rings is 1. The summed E-state index contributed by atoms with van der Waals surface area (Å²) in [5, 5.41) is 22.6. The van der Waals surface area contributed by atoms with Crippen molar-refractivity contribution in [1.29, 1.82) is 0 Å². The number of β-amino-alcohol motifs (C(OH)–C–C–N with tert-alkyl or cyclic N) is 1. The van der Waals surface area contributed by atoms with Crippen LogP contribution in [0, 0.1) is 19.3 Å². The number of hydrogen-bond acceptors (Lipinski definition) is 17. The van der Waals surface area contributed by atoms with Gasteiger partial charge in [0.05, 0.1) is 87.2 Å². The molecular weight excluding hydrogens is 1090 g/mol. The fraction of sp³-hybridized carbons (Fsp3) is 0.435. The molecule has 84 heavy (non-hydrogen) atoms. The number of ether oxygens (including phenoxy) is 4. The van der Waals surface area contributed by atoms with E-state index in [-0.39, 0.29) is 69.2 Å². The first-order chi connectivity index (χ1) is 40.6. The largest absolute Gasteiger partial charge is 0.391 e. The van der Waals surface area contributed by atoms with Gasteiger partial charge in [-0.15, -0.1) is 11.3 Å². The van der Waals surface area contributed by atoms with Crippen LogP contribution in [0.5, 0.6) is 0 Å².